The summed E-state index contributed by atoms with van der Waals surface area (Å²) in [5.41, 5.74) is 6.51. The van der Waals surface area contributed by atoms with E-state index in [1.807, 2.05) is 73.7 Å². The lowest BCUT2D eigenvalue weighted by Gasteiger charge is -2.13. The summed E-state index contributed by atoms with van der Waals surface area (Å²) >= 11 is 2.87. The van der Waals surface area contributed by atoms with Crippen LogP contribution in [0.15, 0.2) is 81.8 Å². The van der Waals surface area contributed by atoms with Crippen LogP contribution in [0.1, 0.15) is 34.4 Å². The largest absolute Gasteiger partial charge is 0.272 e. The van der Waals surface area contributed by atoms with Gasteiger partial charge in [0, 0.05) is 10.4 Å². The first kappa shape index (κ1) is 24.6. The smallest absolute Gasteiger partial charge is 0.267 e. The number of hydrogen-bond donors (Lipinski definition) is 1. The van der Waals surface area contributed by atoms with Gasteiger partial charge >= 0.3 is 0 Å². The van der Waals surface area contributed by atoms with Gasteiger partial charge in [-0.15, -0.1) is 11.3 Å². The van der Waals surface area contributed by atoms with Crippen molar-refractivity contribution >= 4 is 56.2 Å². The van der Waals surface area contributed by atoms with Crippen molar-refractivity contribution in [3.63, 3.8) is 0 Å². The maximum atomic E-state index is 13.8. The van der Waals surface area contributed by atoms with Crippen LogP contribution >= 0.6 is 23.1 Å². The number of fused-ring (bicyclic) bond motifs is 4. The molecule has 1 N–H and O–H groups in total. The Morgan fingerprint density at radius 1 is 1.08 bits per heavy atom. The predicted octanol–water partition coefficient (Wildman–Crippen LogP) is 6.03. The van der Waals surface area contributed by atoms with Gasteiger partial charge in [-0.1, -0.05) is 71.9 Å². The Labute approximate surface area is 228 Å². The van der Waals surface area contributed by atoms with Crippen molar-refractivity contribution in [1.82, 2.24) is 15.0 Å². The Hall–Kier alpha value is -3.75. The van der Waals surface area contributed by atoms with Gasteiger partial charge in [-0.2, -0.15) is 5.10 Å². The van der Waals surface area contributed by atoms with Gasteiger partial charge in [-0.3, -0.25) is 14.2 Å². The number of aryl methyl sites for hydroxylation is 3. The number of nitrogens with one attached hydrogen (secondary N) is 1. The molecule has 0 bridgehead atoms. The first-order chi connectivity index (χ1) is 18.6. The van der Waals surface area contributed by atoms with Crippen molar-refractivity contribution in [2.75, 3.05) is 5.75 Å². The van der Waals surface area contributed by atoms with Crippen LogP contribution in [0.5, 0.6) is 0 Å². The number of hydrogen-bond acceptors (Lipinski definition) is 6. The molecule has 3 aromatic carbocycles. The number of rotatable bonds is 6. The van der Waals surface area contributed by atoms with E-state index in [4.69, 9.17) is 4.98 Å². The van der Waals surface area contributed by atoms with E-state index in [1.54, 1.807) is 22.1 Å². The zero-order valence-corrected chi connectivity index (χ0v) is 22.6. The fourth-order valence-corrected chi connectivity index (χ4v) is 7.01. The fraction of sp³-hybridized carbons (Fsp3) is 0.200. The molecule has 0 spiro atoms. The normalized spacial score (nSPS) is 13.3. The maximum absolute atomic E-state index is 13.8. The number of thioether (sulfide) groups is 1. The molecular weight excluding hydrogens is 512 g/mol. The second-order valence-corrected chi connectivity index (χ2v) is 11.4. The summed E-state index contributed by atoms with van der Waals surface area (Å²) in [6.07, 6.45) is 5.82. The van der Waals surface area contributed by atoms with E-state index in [2.05, 4.69) is 10.5 Å². The van der Waals surface area contributed by atoms with Crippen molar-refractivity contribution in [2.45, 2.75) is 37.8 Å². The lowest BCUT2D eigenvalue weighted by Crippen LogP contribution is -2.24. The Morgan fingerprint density at radius 3 is 2.74 bits per heavy atom. The molecule has 1 aliphatic rings. The van der Waals surface area contributed by atoms with Gasteiger partial charge < -0.3 is 0 Å². The van der Waals surface area contributed by atoms with Crippen molar-refractivity contribution in [3.05, 3.63) is 98.7 Å². The minimum atomic E-state index is -0.262. The monoisotopic (exact) mass is 538 g/mol. The van der Waals surface area contributed by atoms with Gasteiger partial charge in [-0.05, 0) is 61.1 Å². The quantitative estimate of drug-likeness (QED) is 0.124. The molecule has 1 amide bonds. The van der Waals surface area contributed by atoms with Gasteiger partial charge in [0.1, 0.15) is 4.83 Å². The fourth-order valence-electron chi connectivity index (χ4n) is 4.90. The van der Waals surface area contributed by atoms with Crippen LogP contribution < -0.4 is 11.0 Å². The molecule has 0 unspecified atom stereocenters. The summed E-state index contributed by atoms with van der Waals surface area (Å²) < 4.78 is 1.65. The van der Waals surface area contributed by atoms with E-state index >= 15 is 0 Å². The Bertz CT molecular complexity index is 1750. The molecule has 6 rings (SSSR count). The van der Waals surface area contributed by atoms with Gasteiger partial charge in [-0.25, -0.2) is 10.4 Å². The molecule has 0 aliphatic heterocycles. The number of hydrazone groups is 1. The molecule has 8 heteroatoms. The second kappa shape index (κ2) is 10.6. The predicted molar refractivity (Wildman–Crippen MR) is 157 cm³/mol. The third-order valence-electron chi connectivity index (χ3n) is 6.80. The molecule has 6 nitrogen and oxygen atoms in total. The molecule has 0 saturated heterocycles. The van der Waals surface area contributed by atoms with Crippen LogP contribution in [0.4, 0.5) is 0 Å². The third kappa shape index (κ3) is 4.77. The highest BCUT2D eigenvalue weighted by Crippen LogP contribution is 2.35. The molecule has 0 fully saturated rings. The number of nitrogens with zero attached hydrogens (tertiary/aromatic N) is 3. The zero-order chi connectivity index (χ0) is 26.1. The highest BCUT2D eigenvalue weighted by atomic mass is 32.2. The van der Waals surface area contributed by atoms with Crippen LogP contribution in [0.2, 0.25) is 0 Å². The number of carbonyl (C=O) groups is 1. The molecular formula is C30H26N4O2S2. The van der Waals surface area contributed by atoms with Crippen LogP contribution in [0.3, 0.4) is 0 Å². The van der Waals surface area contributed by atoms with Crippen molar-refractivity contribution in [3.8, 4) is 5.69 Å². The average Bonchev–Trinajstić information content (AvgIpc) is 3.31. The van der Waals surface area contributed by atoms with E-state index < -0.39 is 0 Å². The van der Waals surface area contributed by atoms with E-state index in [-0.39, 0.29) is 17.2 Å². The van der Waals surface area contributed by atoms with E-state index in [1.165, 1.54) is 16.6 Å². The van der Waals surface area contributed by atoms with Gasteiger partial charge in [0.2, 0.25) is 0 Å². The van der Waals surface area contributed by atoms with E-state index in [0.717, 1.165) is 69.1 Å². The molecule has 0 radical (unpaired) electrons. The number of amides is 1. The molecule has 2 heterocycles. The Balaban J connectivity index is 1.27. The summed E-state index contributed by atoms with van der Waals surface area (Å²) in [6, 6.07) is 21.9. The summed E-state index contributed by atoms with van der Waals surface area (Å²) in [5, 5.41) is 7.61. The van der Waals surface area contributed by atoms with Crippen LogP contribution in [0.25, 0.3) is 26.7 Å². The number of carbonyl (C=O) groups excluding carboxylic acids is 1. The Kier molecular flexibility index (Phi) is 6.82. The molecule has 0 saturated carbocycles. The first-order valence-corrected chi connectivity index (χ1v) is 14.5. The standard InChI is InChI=1S/C30H26N4O2S2/c1-19-13-15-22(16-14-19)34-29(36)27-24-11-4-5-12-25(24)38-28(27)32-30(34)37-18-26(35)33-31-17-21-9-6-8-20-7-2-3-10-23(20)21/h2-3,6-10,13-17H,4-5,11-12,18H2,1H3,(H,33,35)/b31-17+. The molecule has 2 aromatic heterocycles. The van der Waals surface area contributed by atoms with Gasteiger partial charge in [0.25, 0.3) is 11.5 Å². The SMILES string of the molecule is Cc1ccc(-n2c(SCC(=O)N/N=C/c3cccc4ccccc34)nc3sc4c(c3c2=O)CCCC4)cc1. The molecule has 1 aliphatic carbocycles. The van der Waals surface area contributed by atoms with E-state index in [0.29, 0.717) is 5.16 Å². The van der Waals surface area contributed by atoms with Crippen LogP contribution in [0, 0.1) is 6.92 Å². The molecule has 190 valence electrons. The third-order valence-corrected chi connectivity index (χ3v) is 8.92. The molecule has 38 heavy (non-hydrogen) atoms. The van der Waals surface area contributed by atoms with Crippen molar-refractivity contribution < 1.29 is 4.79 Å². The maximum Gasteiger partial charge on any atom is 0.267 e. The minimum Gasteiger partial charge on any atom is -0.272 e. The van der Waals surface area contributed by atoms with Gasteiger partial charge in [0.15, 0.2) is 5.16 Å². The van der Waals surface area contributed by atoms with Crippen molar-refractivity contribution in [2.24, 2.45) is 5.10 Å². The van der Waals surface area contributed by atoms with Crippen LogP contribution in [-0.2, 0) is 17.6 Å². The number of aromatic nitrogens is 2. The highest BCUT2D eigenvalue weighted by molar-refractivity contribution is 7.99. The number of thiophene rings is 1. The lowest BCUT2D eigenvalue weighted by molar-refractivity contribution is -0.118. The Morgan fingerprint density at radius 2 is 1.87 bits per heavy atom. The average molecular weight is 539 g/mol. The molecule has 5 aromatic rings. The van der Waals surface area contributed by atoms with Crippen molar-refractivity contribution in [1.29, 1.82) is 0 Å². The van der Waals surface area contributed by atoms with Crippen LogP contribution in [-0.4, -0.2) is 27.4 Å². The summed E-state index contributed by atoms with van der Waals surface area (Å²) in [7, 11) is 0. The van der Waals surface area contributed by atoms with E-state index in [9.17, 15) is 9.59 Å². The zero-order valence-electron chi connectivity index (χ0n) is 20.9. The summed E-state index contributed by atoms with van der Waals surface area (Å²) in [6.45, 7) is 2.02. The van der Waals surface area contributed by atoms with Gasteiger partial charge in [0.05, 0.1) is 23.0 Å². The summed E-state index contributed by atoms with van der Waals surface area (Å²) in [5.74, 6) is -0.177. The topological polar surface area (TPSA) is 76.3 Å². The summed E-state index contributed by atoms with van der Waals surface area (Å²) in [4.78, 5) is 33.5. The number of benzene rings is 3. The lowest BCUT2D eigenvalue weighted by atomic mass is 9.97. The minimum absolute atomic E-state index is 0.0601. The highest BCUT2D eigenvalue weighted by Gasteiger charge is 2.23. The molecule has 0 atom stereocenters. The first-order valence-electron chi connectivity index (χ1n) is 12.7. The second-order valence-electron chi connectivity index (χ2n) is 9.41.